The molecule has 3 rings (SSSR count). The van der Waals surface area contributed by atoms with Gasteiger partial charge in [-0.3, -0.25) is 9.36 Å². The molecule has 1 aromatic carbocycles. The Balaban J connectivity index is 2.12. The zero-order valence-corrected chi connectivity index (χ0v) is 12.3. The summed E-state index contributed by atoms with van der Waals surface area (Å²) in [6, 6.07) is 8.84. The summed E-state index contributed by atoms with van der Waals surface area (Å²) in [6.45, 7) is 2.25. The summed E-state index contributed by atoms with van der Waals surface area (Å²) in [6.07, 6.45) is 2.95. The second-order valence-corrected chi connectivity index (χ2v) is 4.69. The highest BCUT2D eigenvalue weighted by molar-refractivity contribution is 5.42. The van der Waals surface area contributed by atoms with Crippen LogP contribution in [0.15, 0.2) is 46.2 Å². The molecule has 0 fully saturated rings. The Kier molecular flexibility index (Phi) is 3.68. The van der Waals surface area contributed by atoms with Crippen LogP contribution in [0.3, 0.4) is 0 Å². The number of fused-ring (bicyclic) bond motifs is 1. The summed E-state index contributed by atoms with van der Waals surface area (Å²) >= 11 is 0. The quantitative estimate of drug-likeness (QED) is 0.702. The van der Waals surface area contributed by atoms with Crippen molar-refractivity contribution in [2.45, 2.75) is 13.5 Å². The molecular weight excluding hydrogens is 298 g/mol. The minimum atomic E-state index is -0.516. The molecule has 0 saturated carbocycles. The van der Waals surface area contributed by atoms with Crippen molar-refractivity contribution in [3.8, 4) is 17.5 Å². The first kappa shape index (κ1) is 14.6. The smallest absolute Gasteiger partial charge is 0.351 e. The Hall–Kier alpha value is -3.34. The normalized spacial score (nSPS) is 10.6. The van der Waals surface area contributed by atoms with Crippen molar-refractivity contribution in [2.24, 2.45) is 0 Å². The lowest BCUT2D eigenvalue weighted by atomic mass is 10.3. The van der Waals surface area contributed by atoms with Gasteiger partial charge in [0.15, 0.2) is 0 Å². The molecule has 0 spiro atoms. The van der Waals surface area contributed by atoms with Gasteiger partial charge in [0.2, 0.25) is 5.65 Å². The van der Waals surface area contributed by atoms with Gasteiger partial charge in [-0.15, -0.1) is 5.10 Å². The van der Waals surface area contributed by atoms with Crippen LogP contribution in [0, 0.1) is 11.3 Å². The van der Waals surface area contributed by atoms with Crippen LogP contribution < -0.4 is 16.0 Å². The molecule has 2 aromatic heterocycles. The van der Waals surface area contributed by atoms with Crippen molar-refractivity contribution in [2.75, 3.05) is 6.61 Å². The molecule has 0 radical (unpaired) electrons. The van der Waals surface area contributed by atoms with E-state index in [-0.39, 0.29) is 12.2 Å². The number of benzene rings is 1. The number of hydrogen-bond donors (Lipinski definition) is 0. The van der Waals surface area contributed by atoms with Crippen molar-refractivity contribution >= 4 is 5.65 Å². The summed E-state index contributed by atoms with van der Waals surface area (Å²) in [5, 5.41) is 12.6. The van der Waals surface area contributed by atoms with Gasteiger partial charge in [-0.2, -0.15) is 9.94 Å². The Morgan fingerprint density at radius 2 is 1.96 bits per heavy atom. The van der Waals surface area contributed by atoms with Crippen LogP contribution in [0.2, 0.25) is 0 Å². The van der Waals surface area contributed by atoms with E-state index in [1.54, 1.807) is 24.3 Å². The first-order valence-electron chi connectivity index (χ1n) is 6.96. The van der Waals surface area contributed by atoms with E-state index in [2.05, 4.69) is 5.10 Å². The lowest BCUT2D eigenvalue weighted by Crippen LogP contribution is -2.24. The predicted octanol–water partition coefficient (Wildman–Crippen LogP) is 0.569. The van der Waals surface area contributed by atoms with E-state index in [4.69, 9.17) is 10.00 Å². The Morgan fingerprint density at radius 3 is 2.61 bits per heavy atom. The van der Waals surface area contributed by atoms with Gasteiger partial charge >= 0.3 is 11.2 Å². The van der Waals surface area contributed by atoms with Gasteiger partial charge in [0.1, 0.15) is 12.3 Å². The van der Waals surface area contributed by atoms with Crippen molar-refractivity contribution in [3.05, 3.63) is 57.5 Å². The molecule has 0 N–H and O–H groups in total. The maximum absolute atomic E-state index is 12.5. The number of nitriles is 1. The van der Waals surface area contributed by atoms with Crippen LogP contribution in [0.5, 0.6) is 5.75 Å². The predicted molar refractivity (Wildman–Crippen MR) is 81.8 cm³/mol. The molecule has 0 bridgehead atoms. The number of aromatic nitrogens is 4. The van der Waals surface area contributed by atoms with Crippen LogP contribution in [-0.2, 0) is 6.54 Å². The van der Waals surface area contributed by atoms with Gasteiger partial charge in [0, 0.05) is 18.1 Å². The molecule has 8 nitrogen and oxygen atoms in total. The van der Waals surface area contributed by atoms with Crippen molar-refractivity contribution in [3.63, 3.8) is 0 Å². The molecule has 3 aromatic rings. The molecule has 0 atom stereocenters. The topological polar surface area (TPSA) is 94.3 Å². The number of rotatable bonds is 4. The fourth-order valence-corrected chi connectivity index (χ4v) is 2.25. The highest BCUT2D eigenvalue weighted by Gasteiger charge is 2.12. The van der Waals surface area contributed by atoms with Crippen molar-refractivity contribution < 1.29 is 4.74 Å². The average Bonchev–Trinajstić information content (AvgIpc) is 2.87. The van der Waals surface area contributed by atoms with E-state index in [1.165, 1.54) is 17.0 Å². The summed E-state index contributed by atoms with van der Waals surface area (Å²) < 4.78 is 8.83. The number of ether oxygens (including phenoxy) is 1. The fraction of sp³-hybridized carbons (Fsp3) is 0.200. The maximum Gasteiger partial charge on any atom is 0.351 e. The van der Waals surface area contributed by atoms with Gasteiger partial charge in [0.25, 0.3) is 0 Å². The molecule has 0 unspecified atom stereocenters. The lowest BCUT2D eigenvalue weighted by Gasteiger charge is -2.07. The van der Waals surface area contributed by atoms with E-state index in [0.29, 0.717) is 18.0 Å². The monoisotopic (exact) mass is 311 g/mol. The van der Waals surface area contributed by atoms with Gasteiger partial charge < -0.3 is 4.74 Å². The Bertz CT molecular complexity index is 1000. The molecule has 0 aliphatic heterocycles. The number of hydrogen-bond acceptors (Lipinski definition) is 5. The molecule has 8 heteroatoms. The minimum absolute atomic E-state index is 0.0263. The number of nitrogens with zero attached hydrogens (tertiary/aromatic N) is 5. The van der Waals surface area contributed by atoms with E-state index in [1.807, 2.05) is 13.0 Å². The van der Waals surface area contributed by atoms with Gasteiger partial charge in [0.05, 0.1) is 12.7 Å². The molecule has 0 saturated heterocycles. The zero-order valence-electron chi connectivity index (χ0n) is 12.3. The van der Waals surface area contributed by atoms with Crippen LogP contribution in [0.25, 0.3) is 11.3 Å². The Morgan fingerprint density at radius 1 is 1.22 bits per heavy atom. The third kappa shape index (κ3) is 2.48. The highest BCUT2D eigenvalue weighted by atomic mass is 16.5. The zero-order chi connectivity index (χ0) is 16.4. The average molecular weight is 311 g/mol. The summed E-state index contributed by atoms with van der Waals surface area (Å²) in [5.41, 5.74) is -0.354. The maximum atomic E-state index is 12.5. The molecule has 0 aliphatic rings. The van der Waals surface area contributed by atoms with E-state index in [9.17, 15) is 9.59 Å². The summed E-state index contributed by atoms with van der Waals surface area (Å²) in [5.74, 6) is 0.708. The van der Waals surface area contributed by atoms with Crippen molar-refractivity contribution in [1.29, 1.82) is 5.26 Å². The first-order chi connectivity index (χ1) is 11.2. The standard InChI is InChI=1S/C15H13N5O3/c1-2-23-12-5-3-11(4-6-12)18-9-10-19-13(14(18)21)17-20(8-7-16)15(19)22/h3-6,9-10H,2,8H2,1H3. The summed E-state index contributed by atoms with van der Waals surface area (Å²) in [7, 11) is 0. The van der Waals surface area contributed by atoms with Gasteiger partial charge in [-0.1, -0.05) is 0 Å². The fourth-order valence-electron chi connectivity index (χ4n) is 2.25. The first-order valence-corrected chi connectivity index (χ1v) is 6.96. The van der Waals surface area contributed by atoms with Crippen LogP contribution >= 0.6 is 0 Å². The molecule has 116 valence electrons. The summed E-state index contributed by atoms with van der Waals surface area (Å²) in [4.78, 5) is 24.5. The highest BCUT2D eigenvalue weighted by Crippen LogP contribution is 2.14. The molecule has 23 heavy (non-hydrogen) atoms. The van der Waals surface area contributed by atoms with Crippen LogP contribution in [0.4, 0.5) is 0 Å². The van der Waals surface area contributed by atoms with Crippen LogP contribution in [-0.4, -0.2) is 25.4 Å². The Labute approximate surface area is 130 Å². The van der Waals surface area contributed by atoms with Gasteiger partial charge in [-0.05, 0) is 31.2 Å². The second-order valence-electron chi connectivity index (χ2n) is 4.69. The SMILES string of the molecule is CCOc1ccc(-n2ccn3c(=O)n(CC#N)nc3c2=O)cc1. The largest absolute Gasteiger partial charge is 0.494 e. The minimum Gasteiger partial charge on any atom is -0.494 e. The molecule has 0 aliphatic carbocycles. The second kappa shape index (κ2) is 5.81. The third-order valence-electron chi connectivity index (χ3n) is 3.29. The molecular formula is C15H13N5O3. The third-order valence-corrected chi connectivity index (χ3v) is 3.29. The van der Waals surface area contributed by atoms with Gasteiger partial charge in [-0.25, -0.2) is 9.20 Å². The molecule has 0 amide bonds. The van der Waals surface area contributed by atoms with E-state index < -0.39 is 11.2 Å². The van der Waals surface area contributed by atoms with E-state index in [0.717, 1.165) is 9.08 Å². The van der Waals surface area contributed by atoms with Crippen molar-refractivity contribution in [1.82, 2.24) is 18.7 Å². The molecule has 2 heterocycles. The van der Waals surface area contributed by atoms with E-state index >= 15 is 0 Å². The van der Waals surface area contributed by atoms with Crippen LogP contribution in [0.1, 0.15) is 6.92 Å². The lowest BCUT2D eigenvalue weighted by molar-refractivity contribution is 0.340.